The van der Waals surface area contributed by atoms with Gasteiger partial charge in [0.15, 0.2) is 5.75 Å². The van der Waals surface area contributed by atoms with E-state index in [1.54, 1.807) is 0 Å². The molecule has 0 bridgehead atoms. The molecule has 1 atom stereocenters. The molecular weight excluding hydrogens is 225 g/mol. The van der Waals surface area contributed by atoms with E-state index >= 15 is 0 Å². The average Bonchev–Trinajstić information content (AvgIpc) is 2.14. The van der Waals surface area contributed by atoms with Crippen LogP contribution < -0.4 is 4.89 Å². The van der Waals surface area contributed by atoms with E-state index in [1.165, 1.54) is 24.3 Å². The molecule has 0 saturated carbocycles. The summed E-state index contributed by atoms with van der Waals surface area (Å²) < 4.78 is 14.8. The van der Waals surface area contributed by atoms with Crippen LogP contribution in [-0.4, -0.2) is 16.5 Å². The van der Waals surface area contributed by atoms with Gasteiger partial charge in [-0.3, -0.25) is 14.7 Å². The first kappa shape index (κ1) is 11.6. The molecule has 0 fully saturated rings. The second-order valence-corrected chi connectivity index (χ2v) is 4.47. The van der Waals surface area contributed by atoms with Crippen LogP contribution in [0.3, 0.4) is 0 Å². The monoisotopic (exact) mass is 233 g/mol. The van der Waals surface area contributed by atoms with Crippen molar-refractivity contribution in [2.24, 2.45) is 0 Å². The highest BCUT2D eigenvalue weighted by Crippen LogP contribution is 2.37. The molecule has 1 rings (SSSR count). The van der Waals surface area contributed by atoms with E-state index in [4.69, 9.17) is 4.89 Å². The van der Waals surface area contributed by atoms with Crippen molar-refractivity contribution in [2.45, 2.75) is 0 Å². The van der Waals surface area contributed by atoms with E-state index in [-0.39, 0.29) is 11.4 Å². The zero-order valence-corrected chi connectivity index (χ0v) is 8.59. The first-order valence-electron chi connectivity index (χ1n) is 3.79. The summed E-state index contributed by atoms with van der Waals surface area (Å²) in [6, 6.07) is 4.90. The van der Waals surface area contributed by atoms with E-state index in [0.29, 0.717) is 0 Å². The molecule has 1 N–H and O–H groups in total. The highest BCUT2D eigenvalue weighted by atomic mass is 31.2. The van der Waals surface area contributed by atoms with E-state index < -0.39 is 12.5 Å². The van der Waals surface area contributed by atoms with Gasteiger partial charge in [-0.15, -0.1) is 4.67 Å². The minimum absolute atomic E-state index is 0.106. The molecule has 0 heterocycles. The van der Waals surface area contributed by atoms with Crippen LogP contribution in [0.5, 0.6) is 5.75 Å². The van der Waals surface area contributed by atoms with Gasteiger partial charge in [0, 0.05) is 18.8 Å². The molecule has 15 heavy (non-hydrogen) atoms. The van der Waals surface area contributed by atoms with Crippen LogP contribution in [0.4, 0.5) is 5.69 Å². The van der Waals surface area contributed by atoms with E-state index in [2.05, 4.69) is 9.56 Å². The average molecular weight is 233 g/mol. The van der Waals surface area contributed by atoms with E-state index in [9.17, 15) is 14.7 Å². The van der Waals surface area contributed by atoms with Gasteiger partial charge in [0.25, 0.3) is 5.69 Å². The maximum atomic E-state index is 10.7. The molecule has 0 amide bonds. The van der Waals surface area contributed by atoms with Crippen molar-refractivity contribution in [1.29, 1.82) is 0 Å². The Labute approximate surface area is 84.9 Å². The maximum absolute atomic E-state index is 10.7. The summed E-state index contributed by atoms with van der Waals surface area (Å²) in [6.07, 6.45) is 0. The lowest BCUT2D eigenvalue weighted by atomic mass is 10.3. The van der Waals surface area contributed by atoms with Gasteiger partial charge in [0.1, 0.15) is 0 Å². The number of non-ortho nitro benzene ring substituents is 1. The molecule has 0 radical (unpaired) electrons. The Balaban J connectivity index is 2.65. The predicted octanol–water partition coefficient (Wildman–Crippen LogP) is 1.72. The predicted molar refractivity (Wildman–Crippen MR) is 50.6 cm³/mol. The molecule has 1 unspecified atom stereocenters. The largest absolute Gasteiger partial charge is 0.363 e. The summed E-state index contributed by atoms with van der Waals surface area (Å²) in [4.78, 5) is 22.9. The van der Waals surface area contributed by atoms with Crippen LogP contribution in [-0.2, 0) is 9.24 Å². The van der Waals surface area contributed by atoms with Crippen LogP contribution in [0.25, 0.3) is 0 Å². The lowest BCUT2D eigenvalue weighted by molar-refractivity contribution is -0.384. The molecule has 82 valence electrons. The second-order valence-electron chi connectivity index (χ2n) is 2.71. The first-order chi connectivity index (χ1) is 6.88. The van der Waals surface area contributed by atoms with Crippen molar-refractivity contribution in [1.82, 2.24) is 0 Å². The van der Waals surface area contributed by atoms with E-state index in [1.807, 2.05) is 0 Å². The molecule has 7 nitrogen and oxygen atoms in total. The van der Waals surface area contributed by atoms with Crippen molar-refractivity contribution in [2.75, 3.05) is 6.66 Å². The Bertz CT molecular complexity index is 396. The van der Waals surface area contributed by atoms with Gasteiger partial charge in [-0.2, -0.15) is 0 Å². The summed E-state index contributed by atoms with van der Waals surface area (Å²) in [5.74, 6) is 0.108. The van der Waals surface area contributed by atoms with Crippen molar-refractivity contribution in [3.05, 3.63) is 34.4 Å². The number of hydrogen-bond donors (Lipinski definition) is 1. The Morgan fingerprint density at radius 1 is 1.40 bits per heavy atom. The number of benzene rings is 1. The third-order valence-corrected chi connectivity index (χ3v) is 1.67. The Morgan fingerprint density at radius 3 is 2.33 bits per heavy atom. The molecule has 0 aliphatic rings. The molecule has 0 aromatic heterocycles. The molecular formula is C7H8NO6P. The molecule has 0 aliphatic heterocycles. The van der Waals surface area contributed by atoms with Crippen molar-refractivity contribution in [3.63, 3.8) is 0 Å². The standard InChI is InChI=1S/C7H8NO6P/c1-15(11,12)14-13-7-4-2-6(3-5-7)8(9)10/h2-5H,1H3,(H,11,12). The molecule has 0 saturated heterocycles. The Hall–Kier alpha value is -1.43. The highest BCUT2D eigenvalue weighted by molar-refractivity contribution is 7.51. The topological polar surface area (TPSA) is 98.9 Å². The SMILES string of the molecule is CP(=O)(O)OOc1ccc([N+](=O)[O-])cc1. The van der Waals surface area contributed by atoms with Crippen molar-refractivity contribution >= 4 is 13.3 Å². The van der Waals surface area contributed by atoms with Gasteiger partial charge >= 0.3 is 7.60 Å². The number of hydrogen-bond acceptors (Lipinski definition) is 5. The fourth-order valence-corrected chi connectivity index (χ4v) is 0.960. The zero-order chi connectivity index (χ0) is 11.5. The smallest absolute Gasteiger partial charge is 0.329 e. The summed E-state index contributed by atoms with van der Waals surface area (Å²) in [5.41, 5.74) is -0.106. The minimum atomic E-state index is -3.72. The third kappa shape index (κ3) is 4.07. The van der Waals surface area contributed by atoms with Crippen LogP contribution >= 0.6 is 7.60 Å². The zero-order valence-electron chi connectivity index (χ0n) is 7.69. The fraction of sp³-hybridized carbons (Fsp3) is 0.143. The van der Waals surface area contributed by atoms with Crippen LogP contribution in [0.15, 0.2) is 24.3 Å². The Kier molecular flexibility index (Phi) is 3.41. The van der Waals surface area contributed by atoms with Crippen LogP contribution in [0.2, 0.25) is 0 Å². The lowest BCUT2D eigenvalue weighted by Crippen LogP contribution is -1.94. The summed E-state index contributed by atoms with van der Waals surface area (Å²) in [6.45, 7) is 0.957. The minimum Gasteiger partial charge on any atom is -0.329 e. The van der Waals surface area contributed by atoms with Gasteiger partial charge in [-0.1, -0.05) is 0 Å². The summed E-state index contributed by atoms with van der Waals surface area (Å²) in [5, 5.41) is 10.3. The molecule has 1 aromatic carbocycles. The second kappa shape index (κ2) is 4.39. The first-order valence-corrected chi connectivity index (χ1v) is 5.82. The number of nitrogens with zero attached hydrogens (tertiary/aromatic N) is 1. The van der Waals surface area contributed by atoms with Crippen LogP contribution in [0, 0.1) is 10.1 Å². The van der Waals surface area contributed by atoms with Gasteiger partial charge < -0.3 is 9.78 Å². The molecule has 1 aromatic rings. The number of rotatable bonds is 4. The normalized spacial score (nSPS) is 14.3. The van der Waals surface area contributed by atoms with Gasteiger partial charge in [-0.25, -0.2) is 0 Å². The van der Waals surface area contributed by atoms with Gasteiger partial charge in [-0.05, 0) is 12.1 Å². The highest BCUT2D eigenvalue weighted by Gasteiger charge is 2.13. The van der Waals surface area contributed by atoms with Crippen LogP contribution in [0.1, 0.15) is 0 Å². The number of nitro groups is 1. The fourth-order valence-electron chi connectivity index (χ4n) is 0.736. The quantitative estimate of drug-likeness (QED) is 0.368. The lowest BCUT2D eigenvalue weighted by Gasteiger charge is -2.05. The van der Waals surface area contributed by atoms with E-state index in [0.717, 1.165) is 6.66 Å². The molecule has 0 spiro atoms. The summed E-state index contributed by atoms with van der Waals surface area (Å²) in [7, 11) is -3.72. The van der Waals surface area contributed by atoms with Crippen molar-refractivity contribution < 1.29 is 23.9 Å². The molecule has 0 aliphatic carbocycles. The van der Waals surface area contributed by atoms with Gasteiger partial charge in [0.05, 0.1) is 4.92 Å². The number of nitro benzene ring substituents is 1. The molecule has 8 heteroatoms. The maximum Gasteiger partial charge on any atom is 0.363 e. The third-order valence-electron chi connectivity index (χ3n) is 1.32. The Morgan fingerprint density at radius 2 is 1.93 bits per heavy atom. The van der Waals surface area contributed by atoms with Gasteiger partial charge in [0.2, 0.25) is 0 Å². The van der Waals surface area contributed by atoms with Crippen molar-refractivity contribution in [3.8, 4) is 5.75 Å². The summed E-state index contributed by atoms with van der Waals surface area (Å²) >= 11 is 0.